The van der Waals surface area contributed by atoms with E-state index in [1.165, 1.54) is 21.4 Å². The molecule has 2 heterocycles. The van der Waals surface area contributed by atoms with Gasteiger partial charge in [0, 0.05) is 9.40 Å². The molecule has 3 N–H and O–H groups in total. The molecule has 2 aromatic carbocycles. The number of benzene rings is 2. The van der Waals surface area contributed by atoms with Gasteiger partial charge in [0.05, 0.1) is 4.88 Å². The zero-order valence-electron chi connectivity index (χ0n) is 12.2. The third-order valence-corrected chi connectivity index (χ3v) is 5.71. The smallest absolute Gasteiger partial charge is 0.133 e. The molecule has 3 nitrogen and oxygen atoms in total. The molecule has 2 aromatic heterocycles. The van der Waals surface area contributed by atoms with Crippen LogP contribution in [0.2, 0.25) is 0 Å². The molecule has 0 aliphatic rings. The zero-order chi connectivity index (χ0) is 15.8. The molecule has 23 heavy (non-hydrogen) atoms. The highest BCUT2D eigenvalue weighted by Crippen LogP contribution is 2.29. The number of fused-ring (bicyclic) bond motifs is 2. The molecule has 0 unspecified atom stereocenters. The fourth-order valence-electron chi connectivity index (χ4n) is 2.51. The van der Waals surface area contributed by atoms with Crippen LogP contribution in [0, 0.1) is 5.41 Å². The Bertz CT molecular complexity index is 1020. The van der Waals surface area contributed by atoms with Crippen molar-refractivity contribution in [3.05, 3.63) is 64.4 Å². The maximum Gasteiger partial charge on any atom is 0.133 e. The number of rotatable bonds is 4. The molecule has 0 spiro atoms. The molecule has 4 rings (SSSR count). The summed E-state index contributed by atoms with van der Waals surface area (Å²) in [6.07, 6.45) is 0. The minimum atomic E-state index is 0.109. The average molecular weight is 338 g/mol. The van der Waals surface area contributed by atoms with Crippen LogP contribution in [0.25, 0.3) is 20.2 Å². The summed E-state index contributed by atoms with van der Waals surface area (Å²) < 4.78 is 8.30. The second-order valence-electron chi connectivity index (χ2n) is 5.31. The number of hydrogen-bond donors (Lipinski definition) is 2. The van der Waals surface area contributed by atoms with Crippen molar-refractivity contribution in [2.24, 2.45) is 5.73 Å². The van der Waals surface area contributed by atoms with Gasteiger partial charge in [-0.3, -0.25) is 5.41 Å². The van der Waals surface area contributed by atoms with Crippen LogP contribution in [0.5, 0.6) is 5.75 Å². The van der Waals surface area contributed by atoms with Gasteiger partial charge in [-0.15, -0.1) is 22.7 Å². The van der Waals surface area contributed by atoms with Crippen LogP contribution in [0.3, 0.4) is 0 Å². The van der Waals surface area contributed by atoms with Crippen LogP contribution in [-0.4, -0.2) is 5.84 Å². The van der Waals surface area contributed by atoms with Crippen LogP contribution in [0.4, 0.5) is 0 Å². The molecular weight excluding hydrogens is 324 g/mol. The van der Waals surface area contributed by atoms with Gasteiger partial charge >= 0.3 is 0 Å². The van der Waals surface area contributed by atoms with Gasteiger partial charge in [0.2, 0.25) is 0 Å². The lowest BCUT2D eigenvalue weighted by Crippen LogP contribution is -2.08. The molecule has 0 fully saturated rings. The maximum atomic E-state index is 7.53. The van der Waals surface area contributed by atoms with Gasteiger partial charge in [0.1, 0.15) is 18.2 Å². The Morgan fingerprint density at radius 2 is 1.87 bits per heavy atom. The maximum absolute atomic E-state index is 7.53. The highest BCUT2D eigenvalue weighted by Gasteiger charge is 2.06. The molecule has 114 valence electrons. The van der Waals surface area contributed by atoms with Crippen molar-refractivity contribution in [3.63, 3.8) is 0 Å². The fourth-order valence-corrected chi connectivity index (χ4v) is 4.23. The largest absolute Gasteiger partial charge is 0.489 e. The quantitative estimate of drug-likeness (QED) is 0.407. The highest BCUT2D eigenvalue weighted by molar-refractivity contribution is 7.20. The first kappa shape index (κ1) is 14.2. The number of thiophene rings is 2. The van der Waals surface area contributed by atoms with E-state index in [1.54, 1.807) is 11.3 Å². The summed E-state index contributed by atoms with van der Waals surface area (Å²) in [5.74, 6) is 0.942. The number of hydrogen-bond acceptors (Lipinski definition) is 4. The Hall–Kier alpha value is -2.37. The van der Waals surface area contributed by atoms with E-state index in [0.29, 0.717) is 6.61 Å². The number of nitrogens with one attached hydrogen (secondary N) is 1. The molecule has 0 amide bonds. The average Bonchev–Trinajstić information content (AvgIpc) is 3.18. The van der Waals surface area contributed by atoms with Crippen LogP contribution in [0.15, 0.2) is 53.9 Å². The van der Waals surface area contributed by atoms with Gasteiger partial charge in [-0.2, -0.15) is 0 Å². The molecule has 0 saturated carbocycles. The number of ether oxygens (including phenoxy) is 1. The van der Waals surface area contributed by atoms with Gasteiger partial charge in [0.15, 0.2) is 0 Å². The molecule has 0 aliphatic heterocycles. The van der Waals surface area contributed by atoms with E-state index in [9.17, 15) is 0 Å². The summed E-state index contributed by atoms with van der Waals surface area (Å²) in [5.41, 5.74) is 6.71. The summed E-state index contributed by atoms with van der Waals surface area (Å²) in [6, 6.07) is 16.5. The fraction of sp³-hybridized carbons (Fsp3) is 0.0556. The van der Waals surface area contributed by atoms with Crippen LogP contribution >= 0.6 is 22.7 Å². The molecule has 4 aromatic rings. The summed E-state index contributed by atoms with van der Waals surface area (Å²) in [4.78, 5) is 0.792. The number of nitrogens with two attached hydrogens (primary N) is 1. The summed E-state index contributed by atoms with van der Waals surface area (Å²) in [6.45, 7) is 0.544. The Morgan fingerprint density at radius 1 is 1.00 bits per heavy atom. The second kappa shape index (κ2) is 5.68. The van der Waals surface area contributed by atoms with Gasteiger partial charge in [0.25, 0.3) is 0 Å². The van der Waals surface area contributed by atoms with Crippen LogP contribution < -0.4 is 10.5 Å². The molecular formula is C18H14N2OS2. The zero-order valence-corrected chi connectivity index (χ0v) is 13.8. The van der Waals surface area contributed by atoms with Gasteiger partial charge < -0.3 is 10.5 Å². The van der Waals surface area contributed by atoms with E-state index in [4.69, 9.17) is 15.9 Å². The standard InChI is InChI=1S/C18H14N2OS2/c19-18(20)17-8-12-2-3-14(9-16(12)23-17)21-10-11-1-4-15-13(7-11)5-6-22-15/h1-9H,10H2,(H3,19,20). The first-order valence-corrected chi connectivity index (χ1v) is 8.85. The predicted octanol–water partition coefficient (Wildman–Crippen LogP) is 4.98. The number of amidine groups is 1. The highest BCUT2D eigenvalue weighted by atomic mass is 32.1. The van der Waals surface area contributed by atoms with Crippen LogP contribution in [0.1, 0.15) is 10.4 Å². The Morgan fingerprint density at radius 3 is 2.74 bits per heavy atom. The normalized spacial score (nSPS) is 11.1. The topological polar surface area (TPSA) is 59.1 Å². The SMILES string of the molecule is N=C(N)c1cc2ccc(OCc3ccc4sccc4c3)cc2s1. The minimum Gasteiger partial charge on any atom is -0.489 e. The third-order valence-electron chi connectivity index (χ3n) is 3.68. The van der Waals surface area contributed by atoms with Crippen molar-refractivity contribution in [1.82, 2.24) is 0 Å². The molecule has 0 aliphatic carbocycles. The Labute approximate surface area is 141 Å². The molecule has 0 bridgehead atoms. The third kappa shape index (κ3) is 2.81. The number of nitrogen functional groups attached to an aromatic ring is 1. The van der Waals surface area contributed by atoms with E-state index >= 15 is 0 Å². The minimum absolute atomic E-state index is 0.109. The summed E-state index contributed by atoms with van der Waals surface area (Å²) >= 11 is 3.27. The lowest BCUT2D eigenvalue weighted by Gasteiger charge is -2.06. The lowest BCUT2D eigenvalue weighted by atomic mass is 10.2. The summed E-state index contributed by atoms with van der Waals surface area (Å²) in [5, 5.41) is 12.0. The van der Waals surface area contributed by atoms with Crippen molar-refractivity contribution < 1.29 is 4.74 Å². The lowest BCUT2D eigenvalue weighted by molar-refractivity contribution is 0.307. The van der Waals surface area contributed by atoms with E-state index < -0.39 is 0 Å². The molecule has 0 atom stereocenters. The Balaban J connectivity index is 1.55. The van der Waals surface area contributed by atoms with Crippen molar-refractivity contribution >= 4 is 48.7 Å². The van der Waals surface area contributed by atoms with Gasteiger partial charge in [-0.1, -0.05) is 6.07 Å². The van der Waals surface area contributed by atoms with E-state index in [-0.39, 0.29) is 5.84 Å². The van der Waals surface area contributed by atoms with Gasteiger partial charge in [-0.25, -0.2) is 0 Å². The van der Waals surface area contributed by atoms with E-state index in [2.05, 4.69) is 29.6 Å². The predicted molar refractivity (Wildman–Crippen MR) is 99.0 cm³/mol. The first-order valence-electron chi connectivity index (χ1n) is 7.16. The van der Waals surface area contributed by atoms with Crippen molar-refractivity contribution in [1.29, 1.82) is 5.41 Å². The molecule has 5 heteroatoms. The van der Waals surface area contributed by atoms with Crippen LogP contribution in [-0.2, 0) is 6.61 Å². The van der Waals surface area contributed by atoms with Crippen molar-refractivity contribution in [3.8, 4) is 5.75 Å². The van der Waals surface area contributed by atoms with Crippen molar-refractivity contribution in [2.75, 3.05) is 0 Å². The van der Waals surface area contributed by atoms with Gasteiger partial charge in [-0.05, 0) is 64.2 Å². The molecule has 0 saturated heterocycles. The first-order chi connectivity index (χ1) is 11.2. The van der Waals surface area contributed by atoms with E-state index in [0.717, 1.165) is 26.3 Å². The van der Waals surface area contributed by atoms with Crippen molar-refractivity contribution in [2.45, 2.75) is 6.61 Å². The summed E-state index contributed by atoms with van der Waals surface area (Å²) in [7, 11) is 0. The Kier molecular flexibility index (Phi) is 3.52. The monoisotopic (exact) mass is 338 g/mol. The second-order valence-corrected chi connectivity index (χ2v) is 7.34. The van der Waals surface area contributed by atoms with E-state index in [1.807, 2.05) is 24.3 Å². The molecule has 0 radical (unpaired) electrons.